The van der Waals surface area contributed by atoms with E-state index in [0.29, 0.717) is 24.1 Å². The number of hydrogen-bond donors (Lipinski definition) is 2. The van der Waals surface area contributed by atoms with Crippen LogP contribution in [0.5, 0.6) is 0 Å². The first-order valence-electron chi connectivity index (χ1n) is 6.09. The molecule has 0 saturated carbocycles. The van der Waals surface area contributed by atoms with Crippen molar-refractivity contribution in [1.82, 2.24) is 0 Å². The van der Waals surface area contributed by atoms with Gasteiger partial charge >= 0.3 is 0 Å². The third kappa shape index (κ3) is 2.38. The van der Waals surface area contributed by atoms with Crippen LogP contribution in [-0.4, -0.2) is 11.0 Å². The third-order valence-corrected chi connectivity index (χ3v) is 3.22. The van der Waals surface area contributed by atoms with E-state index in [9.17, 15) is 14.3 Å². The molecule has 0 spiro atoms. The van der Waals surface area contributed by atoms with Crippen LogP contribution in [0.3, 0.4) is 0 Å². The molecule has 1 unspecified atom stereocenters. The maximum atomic E-state index is 13.6. The molecule has 0 bridgehead atoms. The van der Waals surface area contributed by atoms with E-state index in [2.05, 4.69) is 5.32 Å². The molecule has 18 heavy (non-hydrogen) atoms. The summed E-state index contributed by atoms with van der Waals surface area (Å²) >= 11 is 0. The van der Waals surface area contributed by atoms with Gasteiger partial charge in [0, 0.05) is 17.7 Å². The summed E-state index contributed by atoms with van der Waals surface area (Å²) in [5, 5.41) is 13.0. The van der Waals surface area contributed by atoms with Crippen LogP contribution in [0.15, 0.2) is 12.1 Å². The number of aliphatic hydroxyl groups is 1. The van der Waals surface area contributed by atoms with Crippen molar-refractivity contribution in [2.75, 3.05) is 5.32 Å². The highest BCUT2D eigenvalue weighted by Gasteiger charge is 2.29. The molecule has 0 radical (unpaired) electrons. The lowest BCUT2D eigenvalue weighted by Gasteiger charge is -2.30. The quantitative estimate of drug-likeness (QED) is 0.806. The molecule has 4 heteroatoms. The van der Waals surface area contributed by atoms with Crippen LogP contribution in [0.25, 0.3) is 0 Å². The molecule has 1 aliphatic rings. The Kier molecular flexibility index (Phi) is 3.15. The first-order chi connectivity index (χ1) is 8.29. The summed E-state index contributed by atoms with van der Waals surface area (Å²) in [6, 6.07) is 2.73. The first kappa shape index (κ1) is 13.0. The molecule has 2 rings (SSSR count). The van der Waals surface area contributed by atoms with E-state index in [0.717, 1.165) is 5.56 Å². The number of nitrogens with one attached hydrogen (secondary N) is 1. The predicted octanol–water partition coefficient (Wildman–Crippen LogP) is 2.79. The SMILES string of the molecule is CC(C)(C)C(O)c1cc(F)cc2c1NC(=O)CC2. The van der Waals surface area contributed by atoms with Crippen LogP contribution < -0.4 is 5.32 Å². The highest BCUT2D eigenvalue weighted by molar-refractivity contribution is 5.94. The molecule has 98 valence electrons. The van der Waals surface area contributed by atoms with E-state index in [1.54, 1.807) is 0 Å². The van der Waals surface area contributed by atoms with Crippen LogP contribution >= 0.6 is 0 Å². The van der Waals surface area contributed by atoms with Gasteiger partial charge in [-0.25, -0.2) is 4.39 Å². The van der Waals surface area contributed by atoms with Crippen molar-refractivity contribution in [1.29, 1.82) is 0 Å². The fraction of sp³-hybridized carbons (Fsp3) is 0.500. The zero-order valence-electron chi connectivity index (χ0n) is 10.9. The van der Waals surface area contributed by atoms with Crippen LogP contribution in [0.1, 0.15) is 44.4 Å². The Morgan fingerprint density at radius 1 is 1.33 bits per heavy atom. The van der Waals surface area contributed by atoms with Gasteiger partial charge in [-0.1, -0.05) is 20.8 Å². The summed E-state index contributed by atoms with van der Waals surface area (Å²) in [4.78, 5) is 11.4. The van der Waals surface area contributed by atoms with Gasteiger partial charge in [0.2, 0.25) is 5.91 Å². The Labute approximate surface area is 106 Å². The Bertz CT molecular complexity index is 491. The van der Waals surface area contributed by atoms with Crippen LogP contribution in [-0.2, 0) is 11.2 Å². The highest BCUT2D eigenvalue weighted by Crippen LogP contribution is 2.39. The number of rotatable bonds is 1. The number of anilines is 1. The molecule has 2 N–H and O–H groups in total. The normalized spacial score (nSPS) is 17.1. The van der Waals surface area contributed by atoms with Gasteiger partial charge in [0.05, 0.1) is 6.10 Å². The maximum absolute atomic E-state index is 13.6. The zero-order chi connectivity index (χ0) is 13.5. The average molecular weight is 251 g/mol. The maximum Gasteiger partial charge on any atom is 0.224 e. The lowest BCUT2D eigenvalue weighted by molar-refractivity contribution is -0.116. The molecule has 1 amide bonds. The minimum atomic E-state index is -0.819. The molecule has 3 nitrogen and oxygen atoms in total. The van der Waals surface area contributed by atoms with Gasteiger partial charge in [-0.15, -0.1) is 0 Å². The number of hydrogen-bond acceptors (Lipinski definition) is 2. The van der Waals surface area contributed by atoms with Crippen LogP contribution in [0.2, 0.25) is 0 Å². The third-order valence-electron chi connectivity index (χ3n) is 3.22. The smallest absolute Gasteiger partial charge is 0.224 e. The number of benzene rings is 1. The number of aryl methyl sites for hydroxylation is 1. The van der Waals surface area contributed by atoms with Crippen molar-refractivity contribution in [3.63, 3.8) is 0 Å². The Morgan fingerprint density at radius 3 is 2.61 bits per heavy atom. The standard InChI is InChI=1S/C14H18FNO2/c1-14(2,3)13(18)10-7-9(15)6-8-4-5-11(17)16-12(8)10/h6-7,13,18H,4-5H2,1-3H3,(H,16,17). The number of aliphatic hydroxyl groups excluding tert-OH is 1. The number of carbonyl (C=O) groups excluding carboxylic acids is 1. The summed E-state index contributed by atoms with van der Waals surface area (Å²) in [7, 11) is 0. The lowest BCUT2D eigenvalue weighted by Crippen LogP contribution is -2.25. The molecule has 0 aromatic heterocycles. The molecule has 1 aromatic carbocycles. The van der Waals surface area contributed by atoms with Gasteiger partial charge in [-0.2, -0.15) is 0 Å². The molecule has 1 aromatic rings. The molecular formula is C14H18FNO2. The molecular weight excluding hydrogens is 233 g/mol. The van der Waals surface area contributed by atoms with Crippen molar-refractivity contribution in [2.45, 2.75) is 39.7 Å². The van der Waals surface area contributed by atoms with Crippen LogP contribution in [0.4, 0.5) is 10.1 Å². The molecule has 1 aliphatic heterocycles. The first-order valence-corrected chi connectivity index (χ1v) is 6.09. The molecule has 1 heterocycles. The summed E-state index contributed by atoms with van der Waals surface area (Å²) in [5.41, 5.74) is 1.39. The van der Waals surface area contributed by atoms with E-state index in [4.69, 9.17) is 0 Å². The van der Waals surface area contributed by atoms with Gasteiger partial charge in [0.15, 0.2) is 0 Å². The van der Waals surface area contributed by atoms with E-state index in [1.807, 2.05) is 20.8 Å². The molecule has 0 fully saturated rings. The number of carbonyl (C=O) groups is 1. The van der Waals surface area contributed by atoms with Gasteiger partial charge in [-0.3, -0.25) is 4.79 Å². The van der Waals surface area contributed by atoms with E-state index in [1.165, 1.54) is 12.1 Å². The second-order valence-corrected chi connectivity index (χ2v) is 5.85. The fourth-order valence-electron chi connectivity index (χ4n) is 2.17. The minimum absolute atomic E-state index is 0.0866. The number of fused-ring (bicyclic) bond motifs is 1. The Hall–Kier alpha value is -1.42. The van der Waals surface area contributed by atoms with Crippen molar-refractivity contribution in [3.05, 3.63) is 29.1 Å². The Morgan fingerprint density at radius 2 is 2.00 bits per heavy atom. The van der Waals surface area contributed by atoms with Gasteiger partial charge in [-0.05, 0) is 29.5 Å². The Balaban J connectivity index is 2.53. The summed E-state index contributed by atoms with van der Waals surface area (Å²) < 4.78 is 13.6. The summed E-state index contributed by atoms with van der Waals surface area (Å²) in [6.45, 7) is 5.62. The molecule has 0 saturated heterocycles. The van der Waals surface area contributed by atoms with Gasteiger partial charge < -0.3 is 10.4 Å². The van der Waals surface area contributed by atoms with Gasteiger partial charge in [0.25, 0.3) is 0 Å². The summed E-state index contributed by atoms with van der Waals surface area (Å²) in [6.07, 6.45) is 0.0601. The fourth-order valence-corrected chi connectivity index (χ4v) is 2.17. The van der Waals surface area contributed by atoms with Crippen molar-refractivity contribution >= 4 is 11.6 Å². The second kappa shape index (κ2) is 4.35. The second-order valence-electron chi connectivity index (χ2n) is 5.85. The summed E-state index contributed by atoms with van der Waals surface area (Å²) in [5.74, 6) is -0.459. The van der Waals surface area contributed by atoms with E-state index >= 15 is 0 Å². The van der Waals surface area contributed by atoms with Crippen molar-refractivity contribution in [2.24, 2.45) is 5.41 Å². The zero-order valence-corrected chi connectivity index (χ0v) is 10.9. The van der Waals surface area contributed by atoms with E-state index < -0.39 is 11.5 Å². The predicted molar refractivity (Wildman–Crippen MR) is 67.8 cm³/mol. The largest absolute Gasteiger partial charge is 0.388 e. The number of halogens is 1. The van der Waals surface area contributed by atoms with Crippen LogP contribution in [0, 0.1) is 11.2 Å². The minimum Gasteiger partial charge on any atom is -0.388 e. The van der Waals surface area contributed by atoms with E-state index in [-0.39, 0.29) is 11.7 Å². The molecule has 1 atom stereocenters. The topological polar surface area (TPSA) is 49.3 Å². The highest BCUT2D eigenvalue weighted by atomic mass is 19.1. The number of amides is 1. The lowest BCUT2D eigenvalue weighted by atomic mass is 9.82. The van der Waals surface area contributed by atoms with Crippen molar-refractivity contribution in [3.8, 4) is 0 Å². The monoisotopic (exact) mass is 251 g/mol. The molecule has 0 aliphatic carbocycles. The van der Waals surface area contributed by atoms with Gasteiger partial charge in [0.1, 0.15) is 5.82 Å². The van der Waals surface area contributed by atoms with Crippen molar-refractivity contribution < 1.29 is 14.3 Å². The average Bonchev–Trinajstić information content (AvgIpc) is 2.26.